The first kappa shape index (κ1) is 12.9. The van der Waals surface area contributed by atoms with Crippen molar-refractivity contribution < 1.29 is 4.74 Å². The number of aromatic nitrogens is 1. The number of ether oxygens (including phenoxy) is 1. The number of nitrogens with zero attached hydrogens (tertiary/aromatic N) is 1. The van der Waals surface area contributed by atoms with Crippen molar-refractivity contribution in [3.63, 3.8) is 0 Å². The minimum absolute atomic E-state index is 0.567. The summed E-state index contributed by atoms with van der Waals surface area (Å²) < 4.78 is 6.33. The summed E-state index contributed by atoms with van der Waals surface area (Å²) in [5.41, 5.74) is 8.08. The summed E-state index contributed by atoms with van der Waals surface area (Å²) in [6, 6.07) is 9.90. The predicted molar refractivity (Wildman–Crippen MR) is 76.8 cm³/mol. The van der Waals surface area contributed by atoms with Gasteiger partial charge in [0, 0.05) is 10.7 Å². The third kappa shape index (κ3) is 3.23. The summed E-state index contributed by atoms with van der Waals surface area (Å²) in [4.78, 5) is 3.99. The van der Waals surface area contributed by atoms with Crippen LogP contribution < -0.4 is 10.5 Å². The largest absolute Gasteiger partial charge is 0.497 e. The molecule has 3 nitrogen and oxygen atoms in total. The van der Waals surface area contributed by atoms with Crippen LogP contribution in [0.5, 0.6) is 5.75 Å². The fraction of sp³-hybridized carbons (Fsp3) is 0.214. The van der Waals surface area contributed by atoms with Crippen LogP contribution in [0.1, 0.15) is 11.1 Å². The lowest BCUT2D eigenvalue weighted by molar-refractivity contribution is 0.414. The first-order valence-corrected chi connectivity index (χ1v) is 6.51. The Labute approximate surface area is 115 Å². The molecule has 0 fully saturated rings. The summed E-state index contributed by atoms with van der Waals surface area (Å²) in [7, 11) is 1.68. The zero-order valence-corrected chi connectivity index (χ0v) is 11.8. The quantitative estimate of drug-likeness (QED) is 0.943. The highest BCUT2D eigenvalue weighted by atomic mass is 79.9. The normalized spacial score (nSPS) is 10.3. The fourth-order valence-electron chi connectivity index (χ4n) is 1.80. The first-order chi connectivity index (χ1) is 8.69. The highest BCUT2D eigenvalue weighted by Crippen LogP contribution is 2.23. The standard InChI is InChI=1S/C14H15BrN2O/c1-18-12-4-5-13(15)11(9-12)3-2-10-6-7-17-14(16)8-10/h4-9H,2-3H2,1H3,(H2,16,17). The molecule has 0 saturated heterocycles. The molecule has 0 atom stereocenters. The Bertz CT molecular complexity index is 543. The van der Waals surface area contributed by atoms with Crippen molar-refractivity contribution in [2.45, 2.75) is 12.8 Å². The molecule has 18 heavy (non-hydrogen) atoms. The van der Waals surface area contributed by atoms with E-state index in [4.69, 9.17) is 10.5 Å². The van der Waals surface area contributed by atoms with Gasteiger partial charge in [0.2, 0.25) is 0 Å². The van der Waals surface area contributed by atoms with E-state index in [9.17, 15) is 0 Å². The average Bonchev–Trinajstić information content (AvgIpc) is 2.38. The van der Waals surface area contributed by atoms with E-state index in [2.05, 4.69) is 27.0 Å². The van der Waals surface area contributed by atoms with Crippen LogP contribution in [0.4, 0.5) is 5.82 Å². The van der Waals surface area contributed by atoms with Gasteiger partial charge in [0.05, 0.1) is 7.11 Å². The number of anilines is 1. The van der Waals surface area contributed by atoms with E-state index in [1.54, 1.807) is 13.3 Å². The minimum Gasteiger partial charge on any atom is -0.497 e. The van der Waals surface area contributed by atoms with Crippen LogP contribution in [0.15, 0.2) is 41.0 Å². The van der Waals surface area contributed by atoms with Gasteiger partial charge in [-0.1, -0.05) is 15.9 Å². The lowest BCUT2D eigenvalue weighted by Crippen LogP contribution is -1.96. The summed E-state index contributed by atoms with van der Waals surface area (Å²) in [5, 5.41) is 0. The van der Waals surface area contributed by atoms with Gasteiger partial charge in [-0.15, -0.1) is 0 Å². The molecule has 2 rings (SSSR count). The number of nitrogen functional groups attached to an aromatic ring is 1. The van der Waals surface area contributed by atoms with Crippen molar-refractivity contribution in [2.24, 2.45) is 0 Å². The summed E-state index contributed by atoms with van der Waals surface area (Å²) in [6.45, 7) is 0. The maximum atomic E-state index is 5.66. The zero-order chi connectivity index (χ0) is 13.0. The van der Waals surface area contributed by atoms with Gasteiger partial charge in [-0.2, -0.15) is 0 Å². The number of methoxy groups -OCH3 is 1. The van der Waals surface area contributed by atoms with Gasteiger partial charge in [0.15, 0.2) is 0 Å². The topological polar surface area (TPSA) is 48.1 Å². The molecule has 0 aliphatic heterocycles. The number of pyridine rings is 1. The molecular formula is C14H15BrN2O. The van der Waals surface area contributed by atoms with E-state index >= 15 is 0 Å². The van der Waals surface area contributed by atoms with Crippen LogP contribution in [0.25, 0.3) is 0 Å². The van der Waals surface area contributed by atoms with Gasteiger partial charge < -0.3 is 10.5 Å². The van der Waals surface area contributed by atoms with E-state index in [1.807, 2.05) is 24.3 Å². The van der Waals surface area contributed by atoms with Crippen molar-refractivity contribution >= 4 is 21.7 Å². The predicted octanol–water partition coefficient (Wildman–Crippen LogP) is 3.22. The Kier molecular flexibility index (Phi) is 4.20. The number of halogens is 1. The van der Waals surface area contributed by atoms with Crippen molar-refractivity contribution in [3.8, 4) is 5.75 Å². The fourth-order valence-corrected chi connectivity index (χ4v) is 2.24. The number of hydrogen-bond donors (Lipinski definition) is 1. The van der Waals surface area contributed by atoms with Gasteiger partial charge in [-0.25, -0.2) is 4.98 Å². The number of aryl methyl sites for hydroxylation is 2. The third-order valence-corrected chi connectivity index (χ3v) is 3.56. The van der Waals surface area contributed by atoms with Gasteiger partial charge in [-0.3, -0.25) is 0 Å². The van der Waals surface area contributed by atoms with Gasteiger partial charge in [0.25, 0.3) is 0 Å². The van der Waals surface area contributed by atoms with E-state index in [0.29, 0.717) is 5.82 Å². The van der Waals surface area contributed by atoms with Crippen molar-refractivity contribution in [1.29, 1.82) is 0 Å². The second kappa shape index (κ2) is 5.87. The SMILES string of the molecule is COc1ccc(Br)c(CCc2ccnc(N)c2)c1. The Hall–Kier alpha value is -1.55. The molecular weight excluding hydrogens is 292 g/mol. The molecule has 0 aliphatic carbocycles. The molecule has 0 aliphatic rings. The molecule has 1 aromatic carbocycles. The summed E-state index contributed by atoms with van der Waals surface area (Å²) >= 11 is 3.56. The molecule has 0 radical (unpaired) electrons. The molecule has 4 heteroatoms. The highest BCUT2D eigenvalue weighted by Gasteiger charge is 2.03. The Morgan fingerprint density at radius 1 is 1.22 bits per heavy atom. The molecule has 0 unspecified atom stereocenters. The monoisotopic (exact) mass is 306 g/mol. The van der Waals surface area contributed by atoms with Crippen LogP contribution in [-0.4, -0.2) is 12.1 Å². The van der Waals surface area contributed by atoms with Crippen LogP contribution >= 0.6 is 15.9 Å². The Morgan fingerprint density at radius 2 is 2.06 bits per heavy atom. The van der Waals surface area contributed by atoms with Crippen LogP contribution in [0, 0.1) is 0 Å². The molecule has 0 saturated carbocycles. The number of rotatable bonds is 4. The van der Waals surface area contributed by atoms with E-state index in [-0.39, 0.29) is 0 Å². The summed E-state index contributed by atoms with van der Waals surface area (Å²) in [6.07, 6.45) is 3.60. The smallest absolute Gasteiger partial charge is 0.123 e. The lowest BCUT2D eigenvalue weighted by atomic mass is 10.1. The Balaban J connectivity index is 2.10. The molecule has 1 heterocycles. The van der Waals surface area contributed by atoms with Gasteiger partial charge in [0.1, 0.15) is 11.6 Å². The zero-order valence-electron chi connectivity index (χ0n) is 10.2. The molecule has 0 amide bonds. The maximum Gasteiger partial charge on any atom is 0.123 e. The van der Waals surface area contributed by atoms with Crippen molar-refractivity contribution in [1.82, 2.24) is 4.98 Å². The summed E-state index contributed by atoms with van der Waals surface area (Å²) in [5.74, 6) is 1.44. The lowest BCUT2D eigenvalue weighted by Gasteiger charge is -2.07. The highest BCUT2D eigenvalue weighted by molar-refractivity contribution is 9.10. The first-order valence-electron chi connectivity index (χ1n) is 5.72. The third-order valence-electron chi connectivity index (χ3n) is 2.78. The minimum atomic E-state index is 0.567. The molecule has 2 N–H and O–H groups in total. The molecule has 1 aromatic heterocycles. The maximum absolute atomic E-state index is 5.66. The van der Waals surface area contributed by atoms with Crippen molar-refractivity contribution in [2.75, 3.05) is 12.8 Å². The van der Waals surface area contributed by atoms with Crippen LogP contribution in [-0.2, 0) is 12.8 Å². The second-order valence-corrected chi connectivity index (χ2v) is 4.90. The van der Waals surface area contributed by atoms with E-state index in [0.717, 1.165) is 23.1 Å². The van der Waals surface area contributed by atoms with Crippen molar-refractivity contribution in [3.05, 3.63) is 52.1 Å². The molecule has 0 spiro atoms. The van der Waals surface area contributed by atoms with Crippen LogP contribution in [0.3, 0.4) is 0 Å². The van der Waals surface area contributed by atoms with Crippen LogP contribution in [0.2, 0.25) is 0 Å². The molecule has 94 valence electrons. The van der Waals surface area contributed by atoms with E-state index < -0.39 is 0 Å². The number of hydrogen-bond acceptors (Lipinski definition) is 3. The number of benzene rings is 1. The Morgan fingerprint density at radius 3 is 2.78 bits per heavy atom. The second-order valence-electron chi connectivity index (χ2n) is 4.05. The van der Waals surface area contributed by atoms with Gasteiger partial charge in [-0.05, 0) is 54.3 Å². The van der Waals surface area contributed by atoms with E-state index in [1.165, 1.54) is 11.1 Å². The number of nitrogens with two attached hydrogens (primary N) is 1. The molecule has 2 aromatic rings. The van der Waals surface area contributed by atoms with Gasteiger partial charge >= 0.3 is 0 Å². The molecule has 0 bridgehead atoms. The average molecular weight is 307 g/mol.